The predicted molar refractivity (Wildman–Crippen MR) is 110 cm³/mol. The molecule has 6 heteroatoms. The quantitative estimate of drug-likeness (QED) is 0.521. The summed E-state index contributed by atoms with van der Waals surface area (Å²) in [6.07, 6.45) is 3.46. The Bertz CT molecular complexity index is 859. The summed E-state index contributed by atoms with van der Waals surface area (Å²) in [7, 11) is 1.55. The van der Waals surface area contributed by atoms with Crippen molar-refractivity contribution in [3.63, 3.8) is 0 Å². The Morgan fingerprint density at radius 2 is 1.89 bits per heavy atom. The minimum Gasteiger partial charge on any atom is -0.497 e. The number of benzene rings is 2. The topological polar surface area (TPSA) is 75.6 Å². The molecule has 0 aromatic heterocycles. The van der Waals surface area contributed by atoms with E-state index in [1.165, 1.54) is 0 Å². The van der Waals surface area contributed by atoms with Gasteiger partial charge in [0.2, 0.25) is 5.91 Å². The lowest BCUT2D eigenvalue weighted by Crippen LogP contribution is -2.15. The third-order valence-electron chi connectivity index (χ3n) is 3.48. The Balaban J connectivity index is 2.00. The van der Waals surface area contributed by atoms with Crippen LogP contribution in [0, 0.1) is 0 Å². The van der Waals surface area contributed by atoms with E-state index in [1.54, 1.807) is 37.5 Å². The molecule has 0 fully saturated rings. The molecule has 0 saturated carbocycles. The molecular formula is C21H21NO4S. The molecule has 140 valence electrons. The van der Waals surface area contributed by atoms with Crippen LogP contribution in [0.1, 0.15) is 12.5 Å². The van der Waals surface area contributed by atoms with Crippen molar-refractivity contribution >= 4 is 35.4 Å². The molecule has 0 radical (unpaired) electrons. The summed E-state index contributed by atoms with van der Waals surface area (Å²) in [5, 5.41) is 12.1. The highest BCUT2D eigenvalue weighted by molar-refractivity contribution is 8.04. The molecule has 0 heterocycles. The zero-order chi connectivity index (χ0) is 19.6. The highest BCUT2D eigenvalue weighted by atomic mass is 32.2. The Morgan fingerprint density at radius 1 is 1.15 bits per heavy atom. The molecule has 0 aliphatic heterocycles. The van der Waals surface area contributed by atoms with Crippen LogP contribution in [0.15, 0.2) is 71.2 Å². The number of hydrogen-bond donors (Lipinski definition) is 2. The van der Waals surface area contributed by atoms with Crippen molar-refractivity contribution < 1.29 is 19.4 Å². The third kappa shape index (κ3) is 7.03. The van der Waals surface area contributed by atoms with Crippen molar-refractivity contribution in [1.29, 1.82) is 0 Å². The van der Waals surface area contributed by atoms with Crippen LogP contribution in [0.25, 0.3) is 6.08 Å². The average Bonchev–Trinajstić information content (AvgIpc) is 2.65. The van der Waals surface area contributed by atoms with E-state index in [9.17, 15) is 14.7 Å². The zero-order valence-corrected chi connectivity index (χ0v) is 16.0. The highest BCUT2D eigenvalue weighted by Gasteiger charge is 2.12. The number of anilines is 1. The second-order valence-electron chi connectivity index (χ2n) is 5.68. The lowest BCUT2D eigenvalue weighted by Gasteiger charge is -2.07. The van der Waals surface area contributed by atoms with Crippen LogP contribution in [-0.2, 0) is 9.59 Å². The van der Waals surface area contributed by atoms with E-state index in [0.29, 0.717) is 11.4 Å². The number of carbonyl (C=O) groups excluding carboxylic acids is 1. The number of rotatable bonds is 8. The monoisotopic (exact) mass is 383 g/mol. The van der Waals surface area contributed by atoms with Gasteiger partial charge in [-0.15, -0.1) is 11.8 Å². The third-order valence-corrected chi connectivity index (χ3v) is 4.49. The summed E-state index contributed by atoms with van der Waals surface area (Å²) in [5.74, 6) is -0.720. The number of ether oxygens (including phenoxy) is 1. The first-order valence-electron chi connectivity index (χ1n) is 8.23. The Morgan fingerprint density at radius 3 is 2.56 bits per heavy atom. The molecule has 0 saturated heterocycles. The van der Waals surface area contributed by atoms with E-state index in [0.717, 1.165) is 22.9 Å². The molecule has 2 aromatic carbocycles. The van der Waals surface area contributed by atoms with Crippen molar-refractivity contribution in [2.75, 3.05) is 18.2 Å². The van der Waals surface area contributed by atoms with Gasteiger partial charge in [-0.25, -0.2) is 4.79 Å². The van der Waals surface area contributed by atoms with Crippen LogP contribution in [-0.4, -0.2) is 29.8 Å². The van der Waals surface area contributed by atoms with Gasteiger partial charge in [-0.05, 0) is 36.3 Å². The Labute approximate surface area is 162 Å². The molecule has 2 N–H and O–H groups in total. The number of amides is 1. The normalized spacial score (nSPS) is 11.8. The summed E-state index contributed by atoms with van der Waals surface area (Å²) in [6, 6.07) is 16.6. The summed E-state index contributed by atoms with van der Waals surface area (Å²) in [5.41, 5.74) is 2.37. The van der Waals surface area contributed by atoms with E-state index >= 15 is 0 Å². The standard InChI is InChI=1S/C21H21NO4S/c1-15(11-16-7-4-3-5-8-16)12-19(21(24)25)27-14-20(23)22-17-9-6-10-18(13-17)26-2/h3-13H,14H2,1-2H3,(H,22,23)(H,24,25)/b15-11+,19-12+. The molecule has 27 heavy (non-hydrogen) atoms. The molecular weight excluding hydrogens is 362 g/mol. The van der Waals surface area contributed by atoms with Gasteiger partial charge in [0.25, 0.3) is 0 Å². The van der Waals surface area contributed by atoms with E-state index in [-0.39, 0.29) is 16.6 Å². The van der Waals surface area contributed by atoms with E-state index in [4.69, 9.17) is 4.74 Å². The van der Waals surface area contributed by atoms with Crippen molar-refractivity contribution in [2.45, 2.75) is 6.92 Å². The summed E-state index contributed by atoms with van der Waals surface area (Å²) >= 11 is 0.983. The van der Waals surface area contributed by atoms with Gasteiger partial charge >= 0.3 is 5.97 Å². The molecule has 5 nitrogen and oxygen atoms in total. The van der Waals surface area contributed by atoms with Crippen LogP contribution in [0.3, 0.4) is 0 Å². The fraction of sp³-hybridized carbons (Fsp3) is 0.143. The van der Waals surface area contributed by atoms with Crippen LogP contribution in [0.4, 0.5) is 5.69 Å². The fourth-order valence-electron chi connectivity index (χ4n) is 2.27. The summed E-state index contributed by atoms with van der Waals surface area (Å²) in [4.78, 5) is 23.7. The van der Waals surface area contributed by atoms with Crippen molar-refractivity contribution in [3.05, 3.63) is 76.7 Å². The van der Waals surface area contributed by atoms with Gasteiger partial charge < -0.3 is 15.2 Å². The minimum atomic E-state index is -1.06. The number of allylic oxidation sites excluding steroid dienone is 2. The summed E-state index contributed by atoms with van der Waals surface area (Å²) < 4.78 is 5.11. The van der Waals surface area contributed by atoms with E-state index in [2.05, 4.69) is 5.32 Å². The maximum Gasteiger partial charge on any atom is 0.342 e. The summed E-state index contributed by atoms with van der Waals surface area (Å²) in [6.45, 7) is 1.83. The van der Waals surface area contributed by atoms with Gasteiger partial charge in [-0.3, -0.25) is 4.79 Å². The van der Waals surface area contributed by atoms with Crippen LogP contribution >= 0.6 is 11.8 Å². The van der Waals surface area contributed by atoms with E-state index < -0.39 is 5.97 Å². The Kier molecular flexibility index (Phi) is 7.70. The number of nitrogens with one attached hydrogen (secondary N) is 1. The second-order valence-corrected chi connectivity index (χ2v) is 6.70. The minimum absolute atomic E-state index is 0.00599. The molecule has 0 spiro atoms. The number of aliphatic carboxylic acids is 1. The van der Waals surface area contributed by atoms with Crippen molar-refractivity contribution in [2.24, 2.45) is 0 Å². The molecule has 1 amide bonds. The van der Waals surface area contributed by atoms with Gasteiger partial charge in [-0.1, -0.05) is 42.5 Å². The number of carboxylic acids is 1. The van der Waals surface area contributed by atoms with Gasteiger partial charge in [0, 0.05) is 11.8 Å². The first kappa shape index (κ1) is 20.3. The number of hydrogen-bond acceptors (Lipinski definition) is 4. The molecule has 0 aliphatic carbocycles. The number of carbonyl (C=O) groups is 2. The van der Waals surface area contributed by atoms with E-state index in [1.807, 2.05) is 43.3 Å². The van der Waals surface area contributed by atoms with Gasteiger partial charge in [0.1, 0.15) is 5.75 Å². The largest absolute Gasteiger partial charge is 0.497 e. The average molecular weight is 383 g/mol. The molecule has 2 rings (SSSR count). The molecule has 0 unspecified atom stereocenters. The molecule has 0 aliphatic rings. The lowest BCUT2D eigenvalue weighted by atomic mass is 10.1. The molecule has 0 bridgehead atoms. The van der Waals surface area contributed by atoms with Gasteiger partial charge in [-0.2, -0.15) is 0 Å². The predicted octanol–water partition coefficient (Wildman–Crippen LogP) is 4.44. The first-order chi connectivity index (χ1) is 13.0. The number of methoxy groups -OCH3 is 1. The Hall–Kier alpha value is -2.99. The smallest absolute Gasteiger partial charge is 0.342 e. The first-order valence-corrected chi connectivity index (χ1v) is 9.21. The fourth-order valence-corrected chi connectivity index (χ4v) is 3.02. The van der Waals surface area contributed by atoms with Crippen LogP contribution in [0.2, 0.25) is 0 Å². The van der Waals surface area contributed by atoms with Crippen molar-refractivity contribution in [3.8, 4) is 5.75 Å². The van der Waals surface area contributed by atoms with Gasteiger partial charge in [0.15, 0.2) is 0 Å². The van der Waals surface area contributed by atoms with Crippen LogP contribution < -0.4 is 10.1 Å². The number of thioether (sulfide) groups is 1. The van der Waals surface area contributed by atoms with Crippen molar-refractivity contribution in [1.82, 2.24) is 0 Å². The van der Waals surface area contributed by atoms with Gasteiger partial charge in [0.05, 0.1) is 17.8 Å². The lowest BCUT2D eigenvalue weighted by molar-refractivity contribution is -0.131. The maximum absolute atomic E-state index is 12.1. The second kappa shape index (κ2) is 10.2. The number of carboxylic acid groups (broad SMARTS) is 1. The molecule has 2 aromatic rings. The van der Waals surface area contributed by atoms with Crippen LogP contribution in [0.5, 0.6) is 5.75 Å². The SMILES string of the molecule is COc1cccc(NC(=O)CS/C(=C/C(C)=C/c2ccccc2)C(=O)O)c1. The molecule has 0 atom stereocenters. The maximum atomic E-state index is 12.1. The zero-order valence-electron chi connectivity index (χ0n) is 15.1. The highest BCUT2D eigenvalue weighted by Crippen LogP contribution is 2.21.